The van der Waals surface area contributed by atoms with Crippen LogP contribution in [0, 0.1) is 10.1 Å². The maximum atomic E-state index is 11.4. The zero-order chi connectivity index (χ0) is 22.5. The number of primary sulfonamides is 1. The molecule has 160 valence electrons. The van der Waals surface area contributed by atoms with Gasteiger partial charge in [0.1, 0.15) is 5.69 Å². The number of nitrogens with two attached hydrogens (primary N) is 1. The van der Waals surface area contributed by atoms with Crippen molar-refractivity contribution in [2.75, 3.05) is 19.6 Å². The van der Waals surface area contributed by atoms with Gasteiger partial charge >= 0.3 is 5.97 Å². The van der Waals surface area contributed by atoms with E-state index in [1.807, 2.05) is 0 Å². The number of esters is 1. The van der Waals surface area contributed by atoms with Crippen LogP contribution in [-0.2, 0) is 14.8 Å². The van der Waals surface area contributed by atoms with Crippen molar-refractivity contribution >= 4 is 33.6 Å². The van der Waals surface area contributed by atoms with E-state index in [1.54, 1.807) is 0 Å². The summed E-state index contributed by atoms with van der Waals surface area (Å²) in [6.07, 6.45) is 1.31. The molecule has 30 heavy (non-hydrogen) atoms. The van der Waals surface area contributed by atoms with Gasteiger partial charge in [0.15, 0.2) is 11.5 Å². The zero-order valence-electron chi connectivity index (χ0n) is 16.1. The second kappa shape index (κ2) is 9.19. The second-order valence-electron chi connectivity index (χ2n) is 5.70. The van der Waals surface area contributed by atoms with Gasteiger partial charge in [0.2, 0.25) is 15.8 Å². The van der Waals surface area contributed by atoms with Crippen LogP contribution in [0.4, 0.5) is 11.4 Å². The fourth-order valence-corrected chi connectivity index (χ4v) is 2.86. The second-order valence-corrected chi connectivity index (χ2v) is 7.26. The molecule has 3 N–H and O–H groups in total. The summed E-state index contributed by atoms with van der Waals surface area (Å²) >= 11 is 0. The maximum absolute atomic E-state index is 11.4. The fraction of sp³-hybridized carbons (Fsp3) is 0.176. The Kier molecular flexibility index (Phi) is 6.92. The van der Waals surface area contributed by atoms with Crippen LogP contribution >= 0.6 is 0 Å². The smallest absolute Gasteiger partial charge is 0.308 e. The van der Waals surface area contributed by atoms with Crippen molar-refractivity contribution in [3.63, 3.8) is 0 Å². The number of methoxy groups -OCH3 is 2. The van der Waals surface area contributed by atoms with Crippen molar-refractivity contribution in [1.29, 1.82) is 0 Å². The minimum Gasteiger partial charge on any atom is -0.493 e. The number of sulfonamides is 1. The van der Waals surface area contributed by atoms with Crippen molar-refractivity contribution in [3.05, 3.63) is 46.0 Å². The summed E-state index contributed by atoms with van der Waals surface area (Å²) in [5.74, 6) is -0.0688. The van der Waals surface area contributed by atoms with Crippen LogP contribution in [0.25, 0.3) is 0 Å². The van der Waals surface area contributed by atoms with Crippen molar-refractivity contribution < 1.29 is 32.3 Å². The molecule has 0 radical (unpaired) electrons. The summed E-state index contributed by atoms with van der Waals surface area (Å²) in [6.45, 7) is 1.23. The molecule has 0 aliphatic rings. The van der Waals surface area contributed by atoms with E-state index >= 15 is 0 Å². The van der Waals surface area contributed by atoms with E-state index in [9.17, 15) is 23.3 Å². The quantitative estimate of drug-likeness (QED) is 0.204. The van der Waals surface area contributed by atoms with Crippen LogP contribution in [-0.4, -0.2) is 39.7 Å². The normalized spacial score (nSPS) is 11.2. The Morgan fingerprint density at radius 3 is 2.27 bits per heavy atom. The number of hydrogen-bond donors (Lipinski definition) is 2. The van der Waals surface area contributed by atoms with Crippen LogP contribution < -0.4 is 24.8 Å². The number of nitro benzene ring substituents is 1. The van der Waals surface area contributed by atoms with Crippen molar-refractivity contribution in [2.45, 2.75) is 11.8 Å². The van der Waals surface area contributed by atoms with Crippen molar-refractivity contribution in [2.24, 2.45) is 10.2 Å². The standard InChI is InChI=1S/C17H18N4O8S/c1-10(22)29-17-15(27-2)6-11(7-16(17)28-3)9-19-20-13-5-4-12(30(18,25)26)8-14(13)21(23)24/h4-9,20H,1-3H3,(H2,18,25,26). The Morgan fingerprint density at radius 2 is 1.80 bits per heavy atom. The first-order chi connectivity index (χ1) is 14.1. The number of hydrazone groups is 1. The molecular formula is C17H18N4O8S. The lowest BCUT2D eigenvalue weighted by Gasteiger charge is -2.13. The molecule has 0 aliphatic heterocycles. The number of hydrogen-bond acceptors (Lipinski definition) is 10. The van der Waals surface area contributed by atoms with Gasteiger partial charge in [-0.3, -0.25) is 20.3 Å². The highest BCUT2D eigenvalue weighted by Gasteiger charge is 2.19. The van der Waals surface area contributed by atoms with Gasteiger partial charge in [0, 0.05) is 18.6 Å². The van der Waals surface area contributed by atoms with E-state index in [0.29, 0.717) is 5.56 Å². The van der Waals surface area contributed by atoms with E-state index < -0.39 is 31.5 Å². The predicted octanol–water partition coefficient (Wildman–Crippen LogP) is 1.63. The van der Waals surface area contributed by atoms with E-state index in [2.05, 4.69) is 10.5 Å². The van der Waals surface area contributed by atoms with E-state index in [-0.39, 0.29) is 22.9 Å². The number of benzene rings is 2. The third-order valence-electron chi connectivity index (χ3n) is 3.62. The minimum absolute atomic E-state index is 0.0564. The molecule has 0 bridgehead atoms. The number of anilines is 1. The molecule has 0 saturated heterocycles. The fourth-order valence-electron chi connectivity index (χ4n) is 2.33. The van der Waals surface area contributed by atoms with Crippen molar-refractivity contribution in [1.82, 2.24) is 0 Å². The van der Waals surface area contributed by atoms with E-state index in [4.69, 9.17) is 19.3 Å². The number of carbonyl (C=O) groups excluding carboxylic acids is 1. The summed E-state index contributed by atoms with van der Waals surface area (Å²) < 4.78 is 38.2. The molecule has 13 heteroatoms. The van der Waals surface area contributed by atoms with E-state index in [1.165, 1.54) is 45.6 Å². The van der Waals surface area contributed by atoms with Gasteiger partial charge in [-0.05, 0) is 24.3 Å². The molecule has 12 nitrogen and oxygen atoms in total. The summed E-state index contributed by atoms with van der Waals surface area (Å²) in [5.41, 5.74) is 2.34. The highest BCUT2D eigenvalue weighted by Crippen LogP contribution is 2.38. The van der Waals surface area contributed by atoms with E-state index in [0.717, 1.165) is 12.1 Å². The molecule has 0 saturated carbocycles. The Labute approximate surface area is 171 Å². The number of nitrogens with zero attached hydrogens (tertiary/aromatic N) is 2. The van der Waals surface area contributed by atoms with Gasteiger partial charge in [-0.15, -0.1) is 0 Å². The lowest BCUT2D eigenvalue weighted by atomic mass is 10.2. The Balaban J connectivity index is 2.35. The molecule has 2 rings (SSSR count). The topological polar surface area (TPSA) is 172 Å². The highest BCUT2D eigenvalue weighted by atomic mass is 32.2. The van der Waals surface area contributed by atoms with Crippen LogP contribution in [0.2, 0.25) is 0 Å². The van der Waals surface area contributed by atoms with Gasteiger partial charge < -0.3 is 14.2 Å². The third-order valence-corrected chi connectivity index (χ3v) is 4.53. The van der Waals surface area contributed by atoms with Gasteiger partial charge in [-0.25, -0.2) is 13.6 Å². The molecular weight excluding hydrogens is 420 g/mol. The Bertz CT molecular complexity index is 1090. The summed E-state index contributed by atoms with van der Waals surface area (Å²) in [6, 6.07) is 6.11. The largest absolute Gasteiger partial charge is 0.493 e. The SMILES string of the molecule is COc1cc(C=NNc2ccc(S(N)(=O)=O)cc2[N+](=O)[O-])cc(OC)c1OC(C)=O. The first-order valence-corrected chi connectivity index (χ1v) is 9.66. The average molecular weight is 438 g/mol. The summed E-state index contributed by atoms with van der Waals surface area (Å²) in [7, 11) is -1.36. The number of ether oxygens (including phenoxy) is 3. The summed E-state index contributed by atoms with van der Waals surface area (Å²) in [4.78, 5) is 21.3. The molecule has 0 heterocycles. The lowest BCUT2D eigenvalue weighted by molar-refractivity contribution is -0.384. The van der Waals surface area contributed by atoms with Crippen molar-refractivity contribution in [3.8, 4) is 17.2 Å². The average Bonchev–Trinajstić information content (AvgIpc) is 2.67. The zero-order valence-corrected chi connectivity index (χ0v) is 16.9. The minimum atomic E-state index is -4.10. The van der Waals surface area contributed by atoms with Gasteiger partial charge in [0.25, 0.3) is 5.69 Å². The predicted molar refractivity (Wildman–Crippen MR) is 107 cm³/mol. The first kappa shape index (κ1) is 22.6. The molecule has 2 aromatic rings. The van der Waals surface area contributed by atoms with Gasteiger partial charge in [0.05, 0.1) is 30.3 Å². The maximum Gasteiger partial charge on any atom is 0.308 e. The number of nitro groups is 1. The number of rotatable bonds is 8. The monoisotopic (exact) mass is 438 g/mol. The molecule has 0 atom stereocenters. The van der Waals surface area contributed by atoms with Gasteiger partial charge in [-0.2, -0.15) is 5.10 Å². The Hall–Kier alpha value is -3.71. The van der Waals surface area contributed by atoms with Crippen LogP contribution in [0.15, 0.2) is 40.3 Å². The molecule has 0 fully saturated rings. The number of carbonyl (C=O) groups is 1. The van der Waals surface area contributed by atoms with Crippen LogP contribution in [0.3, 0.4) is 0 Å². The Morgan fingerprint density at radius 1 is 1.20 bits per heavy atom. The molecule has 0 spiro atoms. The molecule has 0 aliphatic carbocycles. The molecule has 0 amide bonds. The van der Waals surface area contributed by atoms with Crippen LogP contribution in [0.1, 0.15) is 12.5 Å². The summed E-state index contributed by atoms with van der Waals surface area (Å²) in [5, 5.41) is 20.1. The lowest BCUT2D eigenvalue weighted by Crippen LogP contribution is -2.12. The first-order valence-electron chi connectivity index (χ1n) is 8.11. The number of nitrogens with one attached hydrogen (secondary N) is 1. The van der Waals surface area contributed by atoms with Gasteiger partial charge in [-0.1, -0.05) is 0 Å². The highest BCUT2D eigenvalue weighted by molar-refractivity contribution is 7.89. The van der Waals surface area contributed by atoms with Crippen LogP contribution in [0.5, 0.6) is 17.2 Å². The third kappa shape index (κ3) is 5.42. The molecule has 0 aromatic heterocycles. The molecule has 2 aromatic carbocycles. The molecule has 0 unspecified atom stereocenters.